The summed E-state index contributed by atoms with van der Waals surface area (Å²) in [5, 5.41) is 11.1. The predicted molar refractivity (Wildman–Crippen MR) is 97.9 cm³/mol. The number of fused-ring (bicyclic) bond motifs is 1. The van der Waals surface area contributed by atoms with E-state index in [2.05, 4.69) is 15.5 Å². The number of rotatable bonds is 6. The summed E-state index contributed by atoms with van der Waals surface area (Å²) in [7, 11) is 0. The van der Waals surface area contributed by atoms with E-state index in [1.54, 1.807) is 6.92 Å². The second kappa shape index (κ2) is 7.60. The molecule has 3 rings (SSSR count). The van der Waals surface area contributed by atoms with Crippen LogP contribution in [0.2, 0.25) is 0 Å². The number of amides is 1. The first-order valence-corrected chi connectivity index (χ1v) is 9.60. The van der Waals surface area contributed by atoms with E-state index in [-0.39, 0.29) is 17.5 Å². The summed E-state index contributed by atoms with van der Waals surface area (Å²) in [6.07, 6.45) is -2.61. The lowest BCUT2D eigenvalue weighted by Gasteiger charge is -2.21. The normalized spacial score (nSPS) is 16.1. The van der Waals surface area contributed by atoms with Crippen LogP contribution in [0.5, 0.6) is 0 Å². The quantitative estimate of drug-likeness (QED) is 0.813. The Bertz CT molecular complexity index is 868. The van der Waals surface area contributed by atoms with E-state index in [1.807, 2.05) is 31.5 Å². The fraction of sp³-hybridized carbons (Fsp3) is 0.632. The Morgan fingerprint density at radius 1 is 1.29 bits per heavy atom. The zero-order valence-corrected chi connectivity index (χ0v) is 16.6. The number of aryl methyl sites for hydroxylation is 2. The molecule has 2 aromatic heterocycles. The first kappa shape index (κ1) is 20.4. The zero-order chi connectivity index (χ0) is 20.6. The molecule has 6 nitrogen and oxygen atoms in total. The van der Waals surface area contributed by atoms with E-state index in [4.69, 9.17) is 0 Å². The largest absolute Gasteiger partial charge is 0.435 e. The molecule has 28 heavy (non-hydrogen) atoms. The highest BCUT2D eigenvalue weighted by Crippen LogP contribution is 2.37. The number of nitrogens with zero attached hydrogens (tertiary/aromatic N) is 4. The number of carbonyl (C=O) groups is 1. The summed E-state index contributed by atoms with van der Waals surface area (Å²) in [6, 6.07) is 0.978. The smallest absolute Gasteiger partial charge is 0.350 e. The van der Waals surface area contributed by atoms with Gasteiger partial charge in [-0.05, 0) is 52.5 Å². The van der Waals surface area contributed by atoms with Gasteiger partial charge in [0.05, 0.1) is 12.2 Å². The Balaban J connectivity index is 1.78. The maximum Gasteiger partial charge on any atom is 0.435 e. The van der Waals surface area contributed by atoms with Crippen LogP contribution in [0.15, 0.2) is 6.07 Å². The molecule has 2 aromatic rings. The molecule has 1 amide bonds. The molecule has 0 saturated carbocycles. The summed E-state index contributed by atoms with van der Waals surface area (Å²) >= 11 is 0. The topological polar surface area (TPSA) is 64.7 Å². The number of alkyl halides is 3. The van der Waals surface area contributed by atoms with Crippen molar-refractivity contribution < 1.29 is 18.0 Å². The first-order valence-electron chi connectivity index (χ1n) is 9.60. The maximum atomic E-state index is 13.3. The fourth-order valence-corrected chi connectivity index (χ4v) is 3.92. The van der Waals surface area contributed by atoms with Crippen molar-refractivity contribution in [2.45, 2.75) is 78.2 Å². The van der Waals surface area contributed by atoms with Crippen molar-refractivity contribution >= 4 is 5.91 Å². The molecule has 0 bridgehead atoms. The molecular formula is C19H26F3N5O. The van der Waals surface area contributed by atoms with Gasteiger partial charge in [0.25, 0.3) is 0 Å². The van der Waals surface area contributed by atoms with Crippen molar-refractivity contribution in [3.63, 3.8) is 0 Å². The summed E-state index contributed by atoms with van der Waals surface area (Å²) in [6.45, 7) is 7.97. The third-order valence-electron chi connectivity index (χ3n) is 5.15. The minimum Gasteiger partial charge on any atom is -0.350 e. The lowest BCUT2D eigenvalue weighted by atomic mass is 10.1. The third kappa shape index (κ3) is 3.93. The molecule has 0 spiro atoms. The van der Waals surface area contributed by atoms with E-state index in [1.165, 1.54) is 4.68 Å². The molecule has 0 radical (unpaired) electrons. The van der Waals surface area contributed by atoms with Crippen molar-refractivity contribution in [3.8, 4) is 0 Å². The molecule has 0 fully saturated rings. The van der Waals surface area contributed by atoms with Crippen LogP contribution in [0.3, 0.4) is 0 Å². The van der Waals surface area contributed by atoms with Crippen LogP contribution >= 0.6 is 0 Å². The number of hydrogen-bond donors (Lipinski definition) is 1. The second-order valence-electron chi connectivity index (χ2n) is 7.51. The minimum atomic E-state index is -4.50. The Morgan fingerprint density at radius 3 is 2.57 bits per heavy atom. The predicted octanol–water partition coefficient (Wildman–Crippen LogP) is 3.36. The Labute approximate surface area is 162 Å². The number of halogens is 3. The number of hydrogen-bond acceptors (Lipinski definition) is 3. The van der Waals surface area contributed by atoms with Crippen molar-refractivity contribution in [3.05, 3.63) is 34.4 Å². The molecule has 2 heterocycles. The van der Waals surface area contributed by atoms with Crippen LogP contribution < -0.4 is 5.32 Å². The summed E-state index contributed by atoms with van der Waals surface area (Å²) in [4.78, 5) is 12.8. The molecule has 0 saturated heterocycles. The van der Waals surface area contributed by atoms with Crippen LogP contribution in [0.25, 0.3) is 0 Å². The molecule has 2 atom stereocenters. The van der Waals surface area contributed by atoms with E-state index in [0.717, 1.165) is 11.4 Å². The van der Waals surface area contributed by atoms with Gasteiger partial charge in [0, 0.05) is 23.0 Å². The van der Waals surface area contributed by atoms with Crippen molar-refractivity contribution in [2.24, 2.45) is 0 Å². The monoisotopic (exact) mass is 397 g/mol. The van der Waals surface area contributed by atoms with E-state index in [9.17, 15) is 18.0 Å². The summed E-state index contributed by atoms with van der Waals surface area (Å²) < 4.78 is 43.1. The zero-order valence-electron chi connectivity index (χ0n) is 16.6. The summed E-state index contributed by atoms with van der Waals surface area (Å²) in [5.74, 6) is -0.317. The third-order valence-corrected chi connectivity index (χ3v) is 5.15. The van der Waals surface area contributed by atoms with Crippen molar-refractivity contribution in [1.82, 2.24) is 24.9 Å². The maximum absolute atomic E-state index is 13.3. The second-order valence-corrected chi connectivity index (χ2v) is 7.51. The number of aromatic nitrogens is 4. The highest BCUT2D eigenvalue weighted by Gasteiger charge is 2.41. The van der Waals surface area contributed by atoms with Gasteiger partial charge in [-0.1, -0.05) is 6.92 Å². The van der Waals surface area contributed by atoms with Gasteiger partial charge in [-0.3, -0.25) is 14.2 Å². The molecule has 154 valence electrons. The molecule has 1 aliphatic rings. The Morgan fingerprint density at radius 2 is 2.00 bits per heavy atom. The van der Waals surface area contributed by atoms with Gasteiger partial charge in [0.15, 0.2) is 5.69 Å². The number of carbonyl (C=O) groups excluding carboxylic acids is 1. The van der Waals surface area contributed by atoms with Crippen LogP contribution in [0, 0.1) is 13.8 Å². The van der Waals surface area contributed by atoms with Crippen LogP contribution in [0.1, 0.15) is 61.1 Å². The molecule has 9 heteroatoms. The Kier molecular flexibility index (Phi) is 5.54. The van der Waals surface area contributed by atoms with Crippen LogP contribution in [-0.4, -0.2) is 31.5 Å². The molecule has 1 aliphatic carbocycles. The molecule has 0 unspecified atom stereocenters. The van der Waals surface area contributed by atoms with E-state index in [0.29, 0.717) is 37.9 Å². The molecule has 0 aliphatic heterocycles. The fourth-order valence-electron chi connectivity index (χ4n) is 3.92. The molecule has 0 aromatic carbocycles. The van der Waals surface area contributed by atoms with Crippen molar-refractivity contribution in [2.75, 3.05) is 0 Å². The Hall–Kier alpha value is -2.32. The summed E-state index contributed by atoms with van der Waals surface area (Å²) in [5.41, 5.74) is 1.83. The molecule has 1 N–H and O–H groups in total. The highest BCUT2D eigenvalue weighted by molar-refractivity contribution is 5.80. The van der Waals surface area contributed by atoms with Crippen LogP contribution in [-0.2, 0) is 30.4 Å². The van der Waals surface area contributed by atoms with Crippen LogP contribution in [0.4, 0.5) is 13.2 Å². The van der Waals surface area contributed by atoms with E-state index < -0.39 is 17.9 Å². The van der Waals surface area contributed by atoms with Gasteiger partial charge in [-0.25, -0.2) is 0 Å². The lowest BCUT2D eigenvalue weighted by molar-refractivity contribution is -0.142. The highest BCUT2D eigenvalue weighted by atomic mass is 19.4. The average molecular weight is 397 g/mol. The number of nitrogens with one attached hydrogen (secondary N) is 1. The van der Waals surface area contributed by atoms with Gasteiger partial charge >= 0.3 is 6.18 Å². The van der Waals surface area contributed by atoms with Gasteiger partial charge in [0.2, 0.25) is 5.91 Å². The van der Waals surface area contributed by atoms with E-state index >= 15 is 0 Å². The minimum absolute atomic E-state index is 0.217. The SMILES string of the molecule is CC[C@@H](C(=O)N[C@H](C)Cn1nc(C)cc1C)n1nc(C(F)(F)F)c2c1CCC2. The average Bonchev–Trinajstić information content (AvgIpc) is 3.24. The first-order chi connectivity index (χ1) is 13.1. The standard InChI is InChI=1S/C19H26F3N5O/c1-5-15(18(28)23-12(3)10-26-13(4)9-11(2)24-26)27-16-8-6-7-14(16)17(25-27)19(20,21)22/h9,12,15H,5-8,10H2,1-4H3,(H,23,28)/t12-,15+/m1/s1. The lowest BCUT2D eigenvalue weighted by Crippen LogP contribution is -2.41. The van der Waals surface area contributed by atoms with Gasteiger partial charge in [-0.15, -0.1) is 0 Å². The molecular weight excluding hydrogens is 371 g/mol. The van der Waals surface area contributed by atoms with Gasteiger partial charge < -0.3 is 5.32 Å². The van der Waals surface area contributed by atoms with Gasteiger partial charge in [0.1, 0.15) is 6.04 Å². The van der Waals surface area contributed by atoms with Gasteiger partial charge in [-0.2, -0.15) is 23.4 Å². The van der Waals surface area contributed by atoms with Crippen molar-refractivity contribution in [1.29, 1.82) is 0 Å².